The van der Waals surface area contributed by atoms with Gasteiger partial charge in [-0.2, -0.15) is 0 Å². The zero-order valence-electron chi connectivity index (χ0n) is 14.2. The maximum atomic E-state index is 5.92. The molecule has 0 unspecified atom stereocenters. The second-order valence-corrected chi connectivity index (χ2v) is 6.07. The minimum Gasteiger partial charge on any atom is -0.378 e. The molecule has 0 aliphatic heterocycles. The largest absolute Gasteiger partial charge is 0.378 e. The lowest BCUT2D eigenvalue weighted by Gasteiger charge is -2.22. The van der Waals surface area contributed by atoms with Crippen molar-refractivity contribution in [2.75, 3.05) is 47.4 Å². The lowest BCUT2D eigenvalue weighted by Crippen LogP contribution is -2.39. The maximum Gasteiger partial charge on any atom is 0.190 e. The van der Waals surface area contributed by atoms with Gasteiger partial charge in [-0.25, -0.2) is 0 Å². The fraction of sp³-hybridized carbons (Fsp3) is 0.938. The fourth-order valence-electron chi connectivity index (χ4n) is 2.58. The van der Waals surface area contributed by atoms with Crippen LogP contribution in [0.4, 0.5) is 0 Å². The highest BCUT2D eigenvalue weighted by Gasteiger charge is 2.12. The highest BCUT2D eigenvalue weighted by atomic mass is 16.5. The minimum absolute atomic E-state index is 0.516. The predicted molar refractivity (Wildman–Crippen MR) is 90.0 cm³/mol. The molecule has 1 aliphatic rings. The lowest BCUT2D eigenvalue weighted by molar-refractivity contribution is 0.0277. The molecule has 5 nitrogen and oxygen atoms in total. The van der Waals surface area contributed by atoms with Crippen LogP contribution in [-0.2, 0) is 4.74 Å². The van der Waals surface area contributed by atoms with Gasteiger partial charge in [0.2, 0.25) is 0 Å². The SMILES string of the molecule is CN=C(NCCCOC1CCCCC1)NCCCN(C)C. The molecule has 0 radical (unpaired) electrons. The second-order valence-electron chi connectivity index (χ2n) is 6.07. The minimum atomic E-state index is 0.516. The van der Waals surface area contributed by atoms with Crippen LogP contribution in [0.5, 0.6) is 0 Å². The smallest absolute Gasteiger partial charge is 0.190 e. The molecule has 1 saturated carbocycles. The first-order chi connectivity index (χ1) is 10.2. The van der Waals surface area contributed by atoms with E-state index in [1.54, 1.807) is 0 Å². The van der Waals surface area contributed by atoms with Gasteiger partial charge in [0.15, 0.2) is 5.96 Å². The van der Waals surface area contributed by atoms with Crippen LogP contribution in [0.1, 0.15) is 44.9 Å². The van der Waals surface area contributed by atoms with Crippen molar-refractivity contribution in [1.29, 1.82) is 0 Å². The Morgan fingerprint density at radius 1 is 1.10 bits per heavy atom. The number of hydrogen-bond acceptors (Lipinski definition) is 3. The van der Waals surface area contributed by atoms with Crippen LogP contribution < -0.4 is 10.6 Å². The van der Waals surface area contributed by atoms with E-state index in [0.29, 0.717) is 6.10 Å². The Hall–Kier alpha value is -0.810. The van der Waals surface area contributed by atoms with Crippen LogP contribution in [0.2, 0.25) is 0 Å². The Kier molecular flexibility index (Phi) is 10.3. The summed E-state index contributed by atoms with van der Waals surface area (Å²) in [7, 11) is 6.01. The Labute approximate surface area is 130 Å². The highest BCUT2D eigenvalue weighted by molar-refractivity contribution is 5.79. The van der Waals surface area contributed by atoms with Gasteiger partial charge in [0.25, 0.3) is 0 Å². The molecule has 0 amide bonds. The van der Waals surface area contributed by atoms with Crippen molar-refractivity contribution in [2.24, 2.45) is 4.99 Å². The summed E-state index contributed by atoms with van der Waals surface area (Å²) in [6.07, 6.45) is 9.25. The number of aliphatic imine (C=N–C) groups is 1. The molecule has 1 rings (SSSR count). The number of hydrogen-bond donors (Lipinski definition) is 2. The van der Waals surface area contributed by atoms with E-state index in [2.05, 4.69) is 34.6 Å². The molecular formula is C16H34N4O. The van der Waals surface area contributed by atoms with Crippen LogP contribution in [0.3, 0.4) is 0 Å². The first kappa shape index (κ1) is 18.2. The number of ether oxygens (including phenoxy) is 1. The molecule has 0 saturated heterocycles. The van der Waals surface area contributed by atoms with Crippen LogP contribution >= 0.6 is 0 Å². The number of nitrogens with one attached hydrogen (secondary N) is 2. The lowest BCUT2D eigenvalue weighted by atomic mass is 9.98. The molecule has 0 aromatic carbocycles. The first-order valence-electron chi connectivity index (χ1n) is 8.43. The van der Waals surface area contributed by atoms with E-state index in [1.807, 2.05) is 7.05 Å². The Morgan fingerprint density at radius 3 is 2.38 bits per heavy atom. The molecule has 2 N–H and O–H groups in total. The molecule has 124 valence electrons. The highest BCUT2D eigenvalue weighted by Crippen LogP contribution is 2.20. The molecule has 0 aromatic rings. The normalized spacial score (nSPS) is 17.2. The molecule has 0 bridgehead atoms. The van der Waals surface area contributed by atoms with Crippen LogP contribution in [0.15, 0.2) is 4.99 Å². The third-order valence-electron chi connectivity index (χ3n) is 3.82. The summed E-state index contributed by atoms with van der Waals surface area (Å²) in [6.45, 7) is 3.82. The van der Waals surface area contributed by atoms with Crippen molar-refractivity contribution < 1.29 is 4.74 Å². The Balaban J connectivity index is 1.96. The summed E-state index contributed by atoms with van der Waals surface area (Å²) < 4.78 is 5.92. The number of nitrogens with zero attached hydrogens (tertiary/aromatic N) is 2. The number of guanidine groups is 1. The summed E-state index contributed by atoms with van der Waals surface area (Å²) >= 11 is 0. The summed E-state index contributed by atoms with van der Waals surface area (Å²) in [4.78, 5) is 6.43. The maximum absolute atomic E-state index is 5.92. The van der Waals surface area contributed by atoms with Crippen molar-refractivity contribution in [3.05, 3.63) is 0 Å². The van der Waals surface area contributed by atoms with E-state index >= 15 is 0 Å². The van der Waals surface area contributed by atoms with Crippen LogP contribution in [0, 0.1) is 0 Å². The van der Waals surface area contributed by atoms with Gasteiger partial charge in [-0.15, -0.1) is 0 Å². The molecule has 0 spiro atoms. The molecule has 1 aliphatic carbocycles. The van der Waals surface area contributed by atoms with E-state index in [4.69, 9.17) is 4.74 Å². The summed E-state index contributed by atoms with van der Waals surface area (Å²) in [6, 6.07) is 0. The zero-order chi connectivity index (χ0) is 15.3. The third-order valence-corrected chi connectivity index (χ3v) is 3.82. The zero-order valence-corrected chi connectivity index (χ0v) is 14.2. The molecular weight excluding hydrogens is 264 g/mol. The topological polar surface area (TPSA) is 48.9 Å². The van der Waals surface area contributed by atoms with Crippen LogP contribution in [0.25, 0.3) is 0 Å². The molecule has 5 heteroatoms. The number of rotatable bonds is 9. The van der Waals surface area contributed by atoms with Gasteiger partial charge in [-0.1, -0.05) is 19.3 Å². The van der Waals surface area contributed by atoms with Gasteiger partial charge in [0.1, 0.15) is 0 Å². The molecule has 0 atom stereocenters. The van der Waals surface area contributed by atoms with Gasteiger partial charge in [0.05, 0.1) is 6.10 Å². The van der Waals surface area contributed by atoms with Crippen molar-refractivity contribution >= 4 is 5.96 Å². The summed E-state index contributed by atoms with van der Waals surface area (Å²) in [5, 5.41) is 6.68. The molecule has 0 aromatic heterocycles. The van der Waals surface area contributed by atoms with Gasteiger partial charge < -0.3 is 20.3 Å². The first-order valence-corrected chi connectivity index (χ1v) is 8.43. The molecule has 1 fully saturated rings. The standard InChI is InChI=1S/C16H34N4O/c1-17-16(18-11-7-13-20(2)3)19-12-8-14-21-15-9-5-4-6-10-15/h15H,4-14H2,1-3H3,(H2,17,18,19). The van der Waals surface area contributed by atoms with Gasteiger partial charge in [0, 0.05) is 26.7 Å². The molecule has 0 heterocycles. The Bertz CT molecular complexity index is 275. The van der Waals surface area contributed by atoms with Gasteiger partial charge in [-0.3, -0.25) is 4.99 Å². The second kappa shape index (κ2) is 11.8. The monoisotopic (exact) mass is 298 g/mol. The van der Waals surface area contributed by atoms with E-state index in [-0.39, 0.29) is 0 Å². The quantitative estimate of drug-likeness (QED) is 0.387. The third kappa shape index (κ3) is 9.69. The van der Waals surface area contributed by atoms with Crippen molar-refractivity contribution in [2.45, 2.75) is 51.0 Å². The van der Waals surface area contributed by atoms with E-state index in [1.165, 1.54) is 32.1 Å². The summed E-state index contributed by atoms with van der Waals surface area (Å²) in [5.41, 5.74) is 0. The summed E-state index contributed by atoms with van der Waals surface area (Å²) in [5.74, 6) is 0.895. The average Bonchev–Trinajstić information content (AvgIpc) is 2.50. The van der Waals surface area contributed by atoms with E-state index in [0.717, 1.165) is 45.0 Å². The fourth-order valence-corrected chi connectivity index (χ4v) is 2.58. The van der Waals surface area contributed by atoms with Crippen LogP contribution in [-0.4, -0.2) is 64.3 Å². The average molecular weight is 298 g/mol. The van der Waals surface area contributed by atoms with Crippen molar-refractivity contribution in [3.8, 4) is 0 Å². The molecule has 21 heavy (non-hydrogen) atoms. The van der Waals surface area contributed by atoms with Crippen molar-refractivity contribution in [1.82, 2.24) is 15.5 Å². The predicted octanol–water partition coefficient (Wildman–Crippen LogP) is 1.84. The Morgan fingerprint density at radius 2 is 1.76 bits per heavy atom. The van der Waals surface area contributed by atoms with E-state index in [9.17, 15) is 0 Å². The van der Waals surface area contributed by atoms with E-state index < -0.39 is 0 Å². The van der Waals surface area contributed by atoms with Crippen molar-refractivity contribution in [3.63, 3.8) is 0 Å². The van der Waals surface area contributed by atoms with Gasteiger partial charge >= 0.3 is 0 Å². The van der Waals surface area contributed by atoms with Gasteiger partial charge in [-0.05, 0) is 46.3 Å².